The summed E-state index contributed by atoms with van der Waals surface area (Å²) >= 11 is 5.97. The number of pyridine rings is 2. The van der Waals surface area contributed by atoms with Gasteiger partial charge >= 0.3 is 0 Å². The first kappa shape index (κ1) is 27.3. The third-order valence-corrected chi connectivity index (χ3v) is 5.93. The molecule has 2 aromatic heterocycles. The molecule has 9 heteroatoms. The number of amidine groups is 1. The fourth-order valence-corrected chi connectivity index (χ4v) is 4.06. The quantitative estimate of drug-likeness (QED) is 0.421. The number of hydrogen-bond donors (Lipinski definition) is 3. The van der Waals surface area contributed by atoms with Crippen LogP contribution >= 0.6 is 11.6 Å². The Kier molecular flexibility index (Phi) is 10.8. The van der Waals surface area contributed by atoms with Gasteiger partial charge in [0.25, 0.3) is 0 Å². The molecule has 3 aromatic rings. The predicted molar refractivity (Wildman–Crippen MR) is 142 cm³/mol. The highest BCUT2D eigenvalue weighted by atomic mass is 35.5. The summed E-state index contributed by atoms with van der Waals surface area (Å²) in [7, 11) is 1.00. The van der Waals surface area contributed by atoms with Crippen molar-refractivity contribution in [2.75, 3.05) is 7.11 Å². The molecule has 1 unspecified atom stereocenters. The molecule has 3 N–H and O–H groups in total. The maximum atomic E-state index is 8.81. The average Bonchev–Trinajstić information content (AvgIpc) is 3.42. The molecule has 2 aliphatic rings. The van der Waals surface area contributed by atoms with Gasteiger partial charge in [-0.15, -0.1) is 0 Å². The first-order chi connectivity index (χ1) is 17.7. The zero-order valence-electron chi connectivity index (χ0n) is 20.5. The van der Waals surface area contributed by atoms with Crippen molar-refractivity contribution in [2.45, 2.75) is 51.3 Å². The van der Waals surface area contributed by atoms with Crippen molar-refractivity contribution in [1.82, 2.24) is 20.8 Å². The van der Waals surface area contributed by atoms with E-state index in [-0.39, 0.29) is 6.17 Å². The number of nitrogens with zero attached hydrogens (tertiary/aromatic N) is 3. The first-order valence-corrected chi connectivity index (χ1v) is 12.3. The Morgan fingerprint density at radius 2 is 1.64 bits per heavy atom. The number of aliphatic hydroxyl groups is 1. The molecule has 5 rings (SSSR count). The van der Waals surface area contributed by atoms with E-state index in [1.807, 2.05) is 60.9 Å². The van der Waals surface area contributed by atoms with Crippen molar-refractivity contribution in [3.05, 3.63) is 77.1 Å². The summed E-state index contributed by atoms with van der Waals surface area (Å²) in [6, 6.07) is 15.6. The van der Waals surface area contributed by atoms with E-state index in [0.717, 1.165) is 54.5 Å². The van der Waals surface area contributed by atoms with E-state index in [1.165, 1.54) is 26.2 Å². The number of aldehydes is 1. The van der Waals surface area contributed by atoms with Gasteiger partial charge in [0.1, 0.15) is 24.4 Å². The van der Waals surface area contributed by atoms with Gasteiger partial charge in [0, 0.05) is 47.3 Å². The van der Waals surface area contributed by atoms with E-state index in [4.69, 9.17) is 31.2 Å². The van der Waals surface area contributed by atoms with Gasteiger partial charge in [-0.2, -0.15) is 0 Å². The summed E-state index contributed by atoms with van der Waals surface area (Å²) < 4.78 is 6.02. The van der Waals surface area contributed by atoms with Gasteiger partial charge in [0.15, 0.2) is 0 Å². The van der Waals surface area contributed by atoms with E-state index in [0.29, 0.717) is 17.0 Å². The van der Waals surface area contributed by atoms with Crippen LogP contribution in [0.15, 0.2) is 65.9 Å². The van der Waals surface area contributed by atoms with Gasteiger partial charge in [-0.1, -0.05) is 24.1 Å². The molecule has 1 aliphatic heterocycles. The highest BCUT2D eigenvalue weighted by Crippen LogP contribution is 2.25. The van der Waals surface area contributed by atoms with Gasteiger partial charge in [0.2, 0.25) is 5.88 Å². The minimum absolute atomic E-state index is 0.198. The highest BCUT2D eigenvalue weighted by Gasteiger charge is 2.19. The Balaban J connectivity index is 0.000000674. The Labute approximate surface area is 216 Å². The SMILES string of the molecule is CC=O.CO.Clc1ccc(C2=NC(c3ccc(-c4ccc(OC5CCCCC5)nc4)nc3)NN2)cc1. The summed E-state index contributed by atoms with van der Waals surface area (Å²) in [6.07, 6.45) is 10.6. The Morgan fingerprint density at radius 1 is 0.944 bits per heavy atom. The fourth-order valence-electron chi connectivity index (χ4n) is 3.94. The molecule has 0 spiro atoms. The molecule has 0 bridgehead atoms. The van der Waals surface area contributed by atoms with Crippen molar-refractivity contribution in [3.63, 3.8) is 0 Å². The number of carbonyl (C=O) groups excluding carboxylic acids is 1. The Bertz CT molecular complexity index is 1100. The maximum absolute atomic E-state index is 8.81. The number of aromatic nitrogens is 2. The van der Waals surface area contributed by atoms with Gasteiger partial charge in [0.05, 0.1) is 5.69 Å². The molecule has 0 radical (unpaired) electrons. The smallest absolute Gasteiger partial charge is 0.213 e. The maximum Gasteiger partial charge on any atom is 0.213 e. The van der Waals surface area contributed by atoms with Crippen LogP contribution in [0.2, 0.25) is 5.02 Å². The standard InChI is InChI=1S/C24H24ClN5O.C2H4O.CH4O/c25-19-10-6-16(7-11-19)23-28-24(30-29-23)18-8-12-21(26-15-18)17-9-13-22(27-14-17)31-20-4-2-1-3-5-20;1-2-3;1-2/h6-15,20,24,30H,1-5H2,(H,28,29);2H,1H3;2H,1H3. The van der Waals surface area contributed by atoms with Crippen LogP contribution in [-0.4, -0.2) is 40.4 Å². The van der Waals surface area contributed by atoms with Crippen LogP contribution in [0.25, 0.3) is 11.3 Å². The van der Waals surface area contributed by atoms with Crippen molar-refractivity contribution < 1.29 is 14.6 Å². The van der Waals surface area contributed by atoms with Gasteiger partial charge in [-0.25, -0.2) is 15.4 Å². The first-order valence-electron chi connectivity index (χ1n) is 11.9. The lowest BCUT2D eigenvalue weighted by atomic mass is 9.98. The van der Waals surface area contributed by atoms with E-state index in [1.54, 1.807) is 0 Å². The fraction of sp³-hybridized carbons (Fsp3) is 0.333. The molecular weight excluding hydrogens is 478 g/mol. The summed E-state index contributed by atoms with van der Waals surface area (Å²) in [4.78, 5) is 22.6. The number of halogens is 1. The molecule has 0 amide bonds. The van der Waals surface area contributed by atoms with Crippen LogP contribution in [0, 0.1) is 0 Å². The minimum atomic E-state index is -0.198. The predicted octanol–water partition coefficient (Wildman–Crippen LogP) is 4.88. The van der Waals surface area contributed by atoms with E-state index in [2.05, 4.69) is 20.8 Å². The second-order valence-electron chi connectivity index (χ2n) is 8.13. The summed E-state index contributed by atoms with van der Waals surface area (Å²) in [5.74, 6) is 1.47. The molecule has 190 valence electrons. The van der Waals surface area contributed by atoms with Crippen molar-refractivity contribution >= 4 is 23.7 Å². The summed E-state index contributed by atoms with van der Waals surface area (Å²) in [5, 5.41) is 7.70. The van der Waals surface area contributed by atoms with Gasteiger partial charge in [-0.3, -0.25) is 4.98 Å². The second-order valence-corrected chi connectivity index (χ2v) is 8.57. The lowest BCUT2D eigenvalue weighted by molar-refractivity contribution is -0.106. The van der Waals surface area contributed by atoms with E-state index < -0.39 is 0 Å². The topological polar surface area (TPSA) is 109 Å². The summed E-state index contributed by atoms with van der Waals surface area (Å²) in [6.45, 7) is 1.44. The molecule has 36 heavy (non-hydrogen) atoms. The molecule has 3 heterocycles. The van der Waals surface area contributed by atoms with E-state index >= 15 is 0 Å². The number of nitrogens with one attached hydrogen (secondary N) is 2. The largest absolute Gasteiger partial charge is 0.474 e. The molecule has 1 saturated carbocycles. The number of hydrazine groups is 1. The lowest BCUT2D eigenvalue weighted by Gasteiger charge is -2.22. The number of aliphatic imine (C=N–C) groups is 1. The number of hydrogen-bond acceptors (Lipinski definition) is 8. The van der Waals surface area contributed by atoms with Crippen LogP contribution < -0.4 is 15.6 Å². The molecular formula is C27H32ClN5O3. The Hall–Kier alpha value is -3.33. The van der Waals surface area contributed by atoms with Crippen LogP contribution in [0.1, 0.15) is 56.3 Å². The zero-order chi connectivity index (χ0) is 25.8. The van der Waals surface area contributed by atoms with Crippen LogP contribution in [0.4, 0.5) is 0 Å². The van der Waals surface area contributed by atoms with Gasteiger partial charge < -0.3 is 20.1 Å². The lowest BCUT2D eigenvalue weighted by Crippen LogP contribution is -2.31. The number of benzene rings is 1. The molecule has 0 saturated heterocycles. The third kappa shape index (κ3) is 7.58. The van der Waals surface area contributed by atoms with Gasteiger partial charge in [-0.05, 0) is 69.0 Å². The van der Waals surface area contributed by atoms with Crippen molar-refractivity contribution in [1.29, 1.82) is 0 Å². The van der Waals surface area contributed by atoms with Crippen molar-refractivity contribution in [3.8, 4) is 17.1 Å². The number of carbonyl (C=O) groups is 1. The zero-order valence-corrected chi connectivity index (χ0v) is 21.3. The molecule has 1 aromatic carbocycles. The molecule has 1 fully saturated rings. The van der Waals surface area contributed by atoms with Crippen molar-refractivity contribution in [2.24, 2.45) is 4.99 Å². The summed E-state index contributed by atoms with van der Waals surface area (Å²) in [5.41, 5.74) is 10.1. The highest BCUT2D eigenvalue weighted by molar-refractivity contribution is 6.30. The van der Waals surface area contributed by atoms with E-state index in [9.17, 15) is 0 Å². The normalized spacial score (nSPS) is 16.9. The Morgan fingerprint density at radius 3 is 2.25 bits per heavy atom. The van der Waals surface area contributed by atoms with Crippen LogP contribution in [0.5, 0.6) is 5.88 Å². The molecule has 1 atom stereocenters. The molecule has 8 nitrogen and oxygen atoms in total. The van der Waals surface area contributed by atoms with Crippen LogP contribution in [0.3, 0.4) is 0 Å². The number of ether oxygens (including phenoxy) is 1. The number of rotatable bonds is 5. The third-order valence-electron chi connectivity index (χ3n) is 5.68. The monoisotopic (exact) mass is 509 g/mol. The minimum Gasteiger partial charge on any atom is -0.474 e. The number of aliphatic hydroxyl groups excluding tert-OH is 1. The van der Waals surface area contributed by atoms with Crippen LogP contribution in [-0.2, 0) is 4.79 Å². The average molecular weight is 510 g/mol. The second kappa shape index (κ2) is 14.3. The molecule has 1 aliphatic carbocycles.